The maximum Gasteiger partial charge on any atom is 0.160 e. The Bertz CT molecular complexity index is 2770. The fourth-order valence-corrected chi connectivity index (χ4v) is 8.38. The lowest BCUT2D eigenvalue weighted by atomic mass is 9.81. The molecule has 0 N–H and O–H groups in total. The molecule has 57 heavy (non-hydrogen) atoms. The molecule has 0 amide bonds. The number of nitrogens with zero attached hydrogens (tertiary/aromatic N) is 2. The summed E-state index contributed by atoms with van der Waals surface area (Å²) >= 11 is 0. The second-order valence-corrected chi connectivity index (χ2v) is 15.4. The highest BCUT2D eigenvalue weighted by molar-refractivity contribution is 5.84. The van der Waals surface area contributed by atoms with Crippen LogP contribution in [-0.2, 0) is 5.41 Å². The van der Waals surface area contributed by atoms with Gasteiger partial charge in [-0.1, -0.05) is 202 Å². The van der Waals surface area contributed by atoms with Crippen molar-refractivity contribution in [2.75, 3.05) is 0 Å². The summed E-state index contributed by atoms with van der Waals surface area (Å²) in [6.07, 6.45) is 0. The second kappa shape index (κ2) is 14.2. The molecule has 0 fully saturated rings. The summed E-state index contributed by atoms with van der Waals surface area (Å²) in [6.45, 7) is 4.68. The lowest BCUT2D eigenvalue weighted by Crippen LogP contribution is -2.14. The Morgan fingerprint density at radius 1 is 0.281 bits per heavy atom. The molecule has 0 bridgehead atoms. The zero-order chi connectivity index (χ0) is 38.3. The molecule has 1 heterocycles. The van der Waals surface area contributed by atoms with Crippen LogP contribution < -0.4 is 0 Å². The number of hydrogen-bond donors (Lipinski definition) is 0. The molecule has 0 atom stereocenters. The van der Waals surface area contributed by atoms with E-state index in [0.29, 0.717) is 5.82 Å². The van der Waals surface area contributed by atoms with Gasteiger partial charge in [0.05, 0.1) is 11.4 Å². The van der Waals surface area contributed by atoms with Crippen molar-refractivity contribution in [3.05, 3.63) is 217 Å². The van der Waals surface area contributed by atoms with Crippen LogP contribution in [0.1, 0.15) is 25.0 Å². The third-order valence-electron chi connectivity index (χ3n) is 11.6. The van der Waals surface area contributed by atoms with Crippen LogP contribution in [0.15, 0.2) is 206 Å². The molecule has 0 spiro atoms. The van der Waals surface area contributed by atoms with Crippen molar-refractivity contribution in [2.24, 2.45) is 0 Å². The predicted molar refractivity (Wildman–Crippen MR) is 238 cm³/mol. The summed E-state index contributed by atoms with van der Waals surface area (Å²) in [7, 11) is 0. The average molecular weight is 729 g/mol. The lowest BCUT2D eigenvalue weighted by Gasteiger charge is -2.22. The number of rotatable bonds is 7. The van der Waals surface area contributed by atoms with E-state index in [-0.39, 0.29) is 5.41 Å². The van der Waals surface area contributed by atoms with Gasteiger partial charge in [0.25, 0.3) is 0 Å². The van der Waals surface area contributed by atoms with E-state index in [4.69, 9.17) is 9.97 Å². The van der Waals surface area contributed by atoms with Crippen molar-refractivity contribution in [2.45, 2.75) is 19.3 Å². The van der Waals surface area contributed by atoms with Crippen molar-refractivity contribution >= 4 is 0 Å². The monoisotopic (exact) mass is 728 g/mol. The zero-order valence-corrected chi connectivity index (χ0v) is 32.0. The highest BCUT2D eigenvalue weighted by Crippen LogP contribution is 2.49. The smallest absolute Gasteiger partial charge is 0.160 e. The molecule has 1 aliphatic rings. The van der Waals surface area contributed by atoms with E-state index in [2.05, 4.69) is 208 Å². The van der Waals surface area contributed by atoms with Gasteiger partial charge in [0.1, 0.15) is 0 Å². The summed E-state index contributed by atoms with van der Waals surface area (Å²) < 4.78 is 0. The van der Waals surface area contributed by atoms with Crippen molar-refractivity contribution in [1.82, 2.24) is 9.97 Å². The minimum absolute atomic E-state index is 0.0275. The maximum absolute atomic E-state index is 5.20. The first-order valence-electron chi connectivity index (χ1n) is 19.6. The van der Waals surface area contributed by atoms with Crippen LogP contribution in [0.5, 0.6) is 0 Å². The average Bonchev–Trinajstić information content (AvgIpc) is 3.52. The molecule has 0 radical (unpaired) electrons. The highest BCUT2D eigenvalue weighted by atomic mass is 14.9. The second-order valence-electron chi connectivity index (χ2n) is 15.4. The predicted octanol–water partition coefficient (Wildman–Crippen LogP) is 14.5. The van der Waals surface area contributed by atoms with Crippen LogP contribution >= 0.6 is 0 Å². The first-order valence-corrected chi connectivity index (χ1v) is 19.6. The van der Waals surface area contributed by atoms with E-state index in [9.17, 15) is 0 Å². The van der Waals surface area contributed by atoms with E-state index in [1.807, 2.05) is 12.1 Å². The molecule has 0 aliphatic heterocycles. The molecular formula is C55H40N2. The van der Waals surface area contributed by atoms with E-state index in [1.54, 1.807) is 0 Å². The quantitative estimate of drug-likeness (QED) is 0.163. The third-order valence-corrected chi connectivity index (χ3v) is 11.6. The standard InChI is InChI=1S/C55H40N2/c1-55(2)50-19-10-9-18-48(50)49-33-32-46(35-51(49)55)42-22-20-41(21-23-42)45-16-11-17-47(34-45)53-36-52(43-28-24-39(25-29-43)37-12-5-3-6-13-37)56-54(57-53)44-30-26-40(27-31-44)38-14-7-4-8-15-38/h3-36H,1-2H3. The molecule has 10 rings (SSSR count). The first kappa shape index (κ1) is 34.3. The van der Waals surface area contributed by atoms with Crippen LogP contribution in [0.2, 0.25) is 0 Å². The van der Waals surface area contributed by atoms with Crippen LogP contribution in [0.3, 0.4) is 0 Å². The number of aromatic nitrogens is 2. The molecular weight excluding hydrogens is 689 g/mol. The summed E-state index contributed by atoms with van der Waals surface area (Å²) in [5.74, 6) is 0.699. The highest BCUT2D eigenvalue weighted by Gasteiger charge is 2.35. The van der Waals surface area contributed by atoms with Gasteiger partial charge in [-0.05, 0) is 85.0 Å². The van der Waals surface area contributed by atoms with Crippen LogP contribution in [-0.4, -0.2) is 9.97 Å². The van der Waals surface area contributed by atoms with Gasteiger partial charge in [0.15, 0.2) is 5.82 Å². The van der Waals surface area contributed by atoms with Gasteiger partial charge in [-0.3, -0.25) is 0 Å². The van der Waals surface area contributed by atoms with Crippen molar-refractivity contribution < 1.29 is 0 Å². The number of benzene rings is 8. The molecule has 2 nitrogen and oxygen atoms in total. The van der Waals surface area contributed by atoms with Crippen LogP contribution in [0, 0.1) is 0 Å². The Labute approximate surface area is 334 Å². The molecule has 1 aromatic heterocycles. The van der Waals surface area contributed by atoms with E-state index in [1.165, 1.54) is 50.1 Å². The Morgan fingerprint density at radius 2 is 0.684 bits per heavy atom. The fraction of sp³-hybridized carbons (Fsp3) is 0.0545. The van der Waals surface area contributed by atoms with Gasteiger partial charge in [-0.15, -0.1) is 0 Å². The van der Waals surface area contributed by atoms with Gasteiger partial charge >= 0.3 is 0 Å². The van der Waals surface area contributed by atoms with Crippen molar-refractivity contribution in [3.63, 3.8) is 0 Å². The minimum Gasteiger partial charge on any atom is -0.228 e. The molecule has 270 valence electrons. The number of hydrogen-bond acceptors (Lipinski definition) is 2. The van der Waals surface area contributed by atoms with Gasteiger partial charge in [0, 0.05) is 22.1 Å². The van der Waals surface area contributed by atoms with Gasteiger partial charge in [-0.2, -0.15) is 0 Å². The topological polar surface area (TPSA) is 25.8 Å². The van der Waals surface area contributed by atoms with E-state index < -0.39 is 0 Å². The Balaban J connectivity index is 0.990. The van der Waals surface area contributed by atoms with Crippen molar-refractivity contribution in [3.8, 4) is 89.5 Å². The summed E-state index contributed by atoms with van der Waals surface area (Å²) in [5, 5.41) is 0. The van der Waals surface area contributed by atoms with E-state index in [0.717, 1.165) is 44.8 Å². The summed E-state index contributed by atoms with van der Waals surface area (Å²) in [5.41, 5.74) is 19.8. The lowest BCUT2D eigenvalue weighted by molar-refractivity contribution is 0.660. The van der Waals surface area contributed by atoms with Crippen LogP contribution in [0.4, 0.5) is 0 Å². The number of fused-ring (bicyclic) bond motifs is 3. The van der Waals surface area contributed by atoms with E-state index >= 15 is 0 Å². The Kier molecular flexibility index (Phi) is 8.53. The van der Waals surface area contributed by atoms with Crippen molar-refractivity contribution in [1.29, 1.82) is 0 Å². The molecule has 2 heteroatoms. The fourth-order valence-electron chi connectivity index (χ4n) is 8.38. The maximum atomic E-state index is 5.20. The molecule has 8 aromatic carbocycles. The molecule has 0 saturated carbocycles. The zero-order valence-electron chi connectivity index (χ0n) is 32.0. The first-order chi connectivity index (χ1) is 28.0. The Morgan fingerprint density at radius 3 is 1.30 bits per heavy atom. The third kappa shape index (κ3) is 6.46. The molecule has 9 aromatic rings. The minimum atomic E-state index is -0.0275. The Hall–Kier alpha value is -7.16. The summed E-state index contributed by atoms with van der Waals surface area (Å²) in [4.78, 5) is 10.4. The molecule has 1 aliphatic carbocycles. The molecule has 0 unspecified atom stereocenters. The normalized spacial score (nSPS) is 12.5. The largest absolute Gasteiger partial charge is 0.228 e. The summed E-state index contributed by atoms with van der Waals surface area (Å²) in [6, 6.07) is 73.7. The van der Waals surface area contributed by atoms with Crippen LogP contribution in [0.25, 0.3) is 89.5 Å². The van der Waals surface area contributed by atoms with Gasteiger partial charge < -0.3 is 0 Å². The van der Waals surface area contributed by atoms with Gasteiger partial charge in [0.2, 0.25) is 0 Å². The SMILES string of the molecule is CC1(C)c2ccccc2-c2ccc(-c3ccc(-c4cccc(-c5cc(-c6ccc(-c7ccccc7)cc6)nc(-c6ccc(-c7ccccc7)cc6)n5)c4)cc3)cc21. The molecule has 0 saturated heterocycles. The van der Waals surface area contributed by atoms with Gasteiger partial charge in [-0.25, -0.2) is 9.97 Å².